The monoisotopic (exact) mass is 278 g/mol. The molecule has 0 fully saturated rings. The van der Waals surface area contributed by atoms with Crippen molar-refractivity contribution >= 4 is 11.5 Å². The molecular weight excluding hydrogens is 260 g/mol. The van der Waals surface area contributed by atoms with Crippen molar-refractivity contribution in [3.8, 4) is 0 Å². The second-order valence-electron chi connectivity index (χ2n) is 5.66. The summed E-state index contributed by atoms with van der Waals surface area (Å²) in [6.45, 7) is 1.71. The summed E-state index contributed by atoms with van der Waals surface area (Å²) < 4.78 is 0. The lowest BCUT2D eigenvalue weighted by atomic mass is 9.87. The second kappa shape index (κ2) is 4.71. The standard InChI is InChI=1S/C18H18N2O/c21-18(14-8-2-1-3-9-14)15-10-4-5-11-16(15)20-13-7-6-12-19-17(18)20/h1-5,8-11,21H,6-7,12-13H2. The molecule has 2 aromatic carbocycles. The highest BCUT2D eigenvalue weighted by Crippen LogP contribution is 2.45. The van der Waals surface area contributed by atoms with E-state index in [9.17, 15) is 5.11 Å². The minimum atomic E-state index is -1.12. The molecule has 0 radical (unpaired) electrons. The van der Waals surface area contributed by atoms with Gasteiger partial charge in [-0.05, 0) is 24.5 Å². The third kappa shape index (κ3) is 1.74. The molecule has 1 N–H and O–H groups in total. The number of nitrogens with zero attached hydrogens (tertiary/aromatic N) is 2. The van der Waals surface area contributed by atoms with Gasteiger partial charge in [0.05, 0.1) is 0 Å². The maximum absolute atomic E-state index is 11.6. The van der Waals surface area contributed by atoms with E-state index in [1.54, 1.807) is 0 Å². The SMILES string of the molecule is OC1(c2ccccc2)C2=NCCCCN2c2ccccc21. The topological polar surface area (TPSA) is 35.8 Å². The molecule has 0 aromatic heterocycles. The molecule has 4 rings (SSSR count). The van der Waals surface area contributed by atoms with Crippen molar-refractivity contribution in [1.29, 1.82) is 0 Å². The summed E-state index contributed by atoms with van der Waals surface area (Å²) in [6.07, 6.45) is 2.18. The number of hydrogen-bond donors (Lipinski definition) is 1. The molecule has 2 aromatic rings. The minimum Gasteiger partial charge on any atom is -0.373 e. The number of hydrogen-bond acceptors (Lipinski definition) is 3. The molecule has 3 heteroatoms. The molecule has 0 saturated carbocycles. The third-order valence-electron chi connectivity index (χ3n) is 4.41. The van der Waals surface area contributed by atoms with Gasteiger partial charge in [-0.3, -0.25) is 4.99 Å². The molecule has 3 nitrogen and oxygen atoms in total. The molecule has 0 spiro atoms. The van der Waals surface area contributed by atoms with Gasteiger partial charge in [0.1, 0.15) is 5.84 Å². The number of aliphatic imine (C=N–C) groups is 1. The van der Waals surface area contributed by atoms with Crippen LogP contribution < -0.4 is 4.90 Å². The van der Waals surface area contributed by atoms with E-state index in [1.165, 1.54) is 0 Å². The van der Waals surface area contributed by atoms with E-state index in [0.29, 0.717) is 0 Å². The average Bonchev–Trinajstić information content (AvgIpc) is 2.72. The molecular formula is C18H18N2O. The summed E-state index contributed by atoms with van der Waals surface area (Å²) in [5.74, 6) is 0.785. The van der Waals surface area contributed by atoms with Crippen LogP contribution in [0.15, 0.2) is 59.6 Å². The molecule has 2 aliphatic rings. The van der Waals surface area contributed by atoms with Gasteiger partial charge in [-0.2, -0.15) is 0 Å². The Morgan fingerprint density at radius 1 is 0.952 bits per heavy atom. The zero-order valence-electron chi connectivity index (χ0n) is 11.9. The number of para-hydroxylation sites is 1. The van der Waals surface area contributed by atoms with E-state index in [2.05, 4.69) is 11.0 Å². The van der Waals surface area contributed by atoms with Crippen LogP contribution in [0.2, 0.25) is 0 Å². The number of anilines is 1. The highest BCUT2D eigenvalue weighted by molar-refractivity contribution is 6.12. The molecule has 1 atom stereocenters. The van der Waals surface area contributed by atoms with Crippen LogP contribution in [0.25, 0.3) is 0 Å². The molecule has 0 saturated heterocycles. The molecule has 106 valence electrons. The predicted molar refractivity (Wildman–Crippen MR) is 84.8 cm³/mol. The summed E-state index contributed by atoms with van der Waals surface area (Å²) >= 11 is 0. The Labute approximate surface area is 124 Å². The van der Waals surface area contributed by atoms with Crippen LogP contribution in [0.4, 0.5) is 5.69 Å². The van der Waals surface area contributed by atoms with Crippen molar-refractivity contribution < 1.29 is 5.11 Å². The van der Waals surface area contributed by atoms with Gasteiger partial charge in [-0.1, -0.05) is 48.5 Å². The zero-order chi connectivity index (χ0) is 14.3. The van der Waals surface area contributed by atoms with E-state index >= 15 is 0 Å². The van der Waals surface area contributed by atoms with E-state index in [0.717, 1.165) is 48.6 Å². The Morgan fingerprint density at radius 3 is 2.57 bits per heavy atom. The van der Waals surface area contributed by atoms with Gasteiger partial charge in [0.2, 0.25) is 0 Å². The van der Waals surface area contributed by atoms with Gasteiger partial charge in [-0.25, -0.2) is 0 Å². The summed E-state index contributed by atoms with van der Waals surface area (Å²) in [4.78, 5) is 6.91. The Bertz CT molecular complexity index is 695. The molecule has 1 unspecified atom stereocenters. The van der Waals surface area contributed by atoms with Gasteiger partial charge in [0.15, 0.2) is 5.60 Å². The van der Waals surface area contributed by atoms with Crippen molar-refractivity contribution in [2.45, 2.75) is 18.4 Å². The van der Waals surface area contributed by atoms with Gasteiger partial charge in [-0.15, -0.1) is 0 Å². The maximum atomic E-state index is 11.6. The molecule has 0 bridgehead atoms. The van der Waals surface area contributed by atoms with Crippen molar-refractivity contribution in [3.05, 3.63) is 65.7 Å². The van der Waals surface area contributed by atoms with Crippen LogP contribution in [0.5, 0.6) is 0 Å². The maximum Gasteiger partial charge on any atom is 0.174 e. The van der Waals surface area contributed by atoms with Crippen LogP contribution in [0.3, 0.4) is 0 Å². The van der Waals surface area contributed by atoms with Gasteiger partial charge >= 0.3 is 0 Å². The van der Waals surface area contributed by atoms with Gasteiger partial charge in [0, 0.05) is 24.3 Å². The molecule has 0 amide bonds. The highest BCUT2D eigenvalue weighted by atomic mass is 16.3. The average molecular weight is 278 g/mol. The largest absolute Gasteiger partial charge is 0.373 e. The first kappa shape index (κ1) is 12.6. The number of benzene rings is 2. The van der Waals surface area contributed by atoms with Crippen LogP contribution in [0.1, 0.15) is 24.0 Å². The summed E-state index contributed by atoms with van der Waals surface area (Å²) in [7, 11) is 0. The second-order valence-corrected chi connectivity index (χ2v) is 5.66. The van der Waals surface area contributed by atoms with E-state index < -0.39 is 5.60 Å². The third-order valence-corrected chi connectivity index (χ3v) is 4.41. The lowest BCUT2D eigenvalue weighted by molar-refractivity contribution is 0.159. The highest BCUT2D eigenvalue weighted by Gasteiger charge is 2.48. The summed E-state index contributed by atoms with van der Waals surface area (Å²) in [6, 6.07) is 18.0. The summed E-state index contributed by atoms with van der Waals surface area (Å²) in [5.41, 5.74) is 1.80. The van der Waals surface area contributed by atoms with E-state index in [-0.39, 0.29) is 0 Å². The fourth-order valence-corrected chi connectivity index (χ4v) is 3.40. The Hall–Kier alpha value is -2.13. The van der Waals surface area contributed by atoms with E-state index in [1.807, 2.05) is 48.5 Å². The lowest BCUT2D eigenvalue weighted by Gasteiger charge is -2.27. The first-order chi connectivity index (χ1) is 10.3. The zero-order valence-corrected chi connectivity index (χ0v) is 11.9. The van der Waals surface area contributed by atoms with Crippen molar-refractivity contribution in [1.82, 2.24) is 0 Å². The van der Waals surface area contributed by atoms with E-state index in [4.69, 9.17) is 4.99 Å². The molecule has 2 heterocycles. The normalized spacial score (nSPS) is 24.0. The Balaban J connectivity index is 1.98. The van der Waals surface area contributed by atoms with Gasteiger partial charge in [0.25, 0.3) is 0 Å². The molecule has 2 aliphatic heterocycles. The molecule has 0 aliphatic carbocycles. The quantitative estimate of drug-likeness (QED) is 0.870. The number of fused-ring (bicyclic) bond motifs is 3. The lowest BCUT2D eigenvalue weighted by Crippen LogP contribution is -2.41. The first-order valence-electron chi connectivity index (χ1n) is 7.51. The Kier molecular flexibility index (Phi) is 2.82. The van der Waals surface area contributed by atoms with Crippen LogP contribution in [-0.4, -0.2) is 24.0 Å². The smallest absolute Gasteiger partial charge is 0.174 e. The Morgan fingerprint density at radius 2 is 1.71 bits per heavy atom. The first-order valence-corrected chi connectivity index (χ1v) is 7.51. The number of rotatable bonds is 1. The number of amidine groups is 1. The fraction of sp³-hybridized carbons (Fsp3) is 0.278. The van der Waals surface area contributed by atoms with Crippen LogP contribution in [0, 0.1) is 0 Å². The van der Waals surface area contributed by atoms with Crippen molar-refractivity contribution in [2.24, 2.45) is 4.99 Å². The fourth-order valence-electron chi connectivity index (χ4n) is 3.40. The van der Waals surface area contributed by atoms with Gasteiger partial charge < -0.3 is 10.0 Å². The minimum absolute atomic E-state index is 0.785. The number of aliphatic hydroxyl groups is 1. The van der Waals surface area contributed by atoms with Crippen molar-refractivity contribution in [2.75, 3.05) is 18.0 Å². The predicted octanol–water partition coefficient (Wildman–Crippen LogP) is 2.93. The van der Waals surface area contributed by atoms with Crippen LogP contribution in [-0.2, 0) is 5.60 Å². The molecule has 21 heavy (non-hydrogen) atoms. The van der Waals surface area contributed by atoms with Crippen LogP contribution >= 0.6 is 0 Å². The van der Waals surface area contributed by atoms with Crippen molar-refractivity contribution in [3.63, 3.8) is 0 Å². The summed E-state index contributed by atoms with van der Waals surface area (Å²) in [5, 5.41) is 11.6.